The molecule has 106 valence electrons. The van der Waals surface area contributed by atoms with Crippen molar-refractivity contribution in [3.63, 3.8) is 0 Å². The van der Waals surface area contributed by atoms with Crippen LogP contribution in [0.3, 0.4) is 0 Å². The van der Waals surface area contributed by atoms with Crippen LogP contribution in [0.1, 0.15) is 11.1 Å². The Balaban J connectivity index is 2.01. The zero-order valence-electron chi connectivity index (χ0n) is 11.0. The third-order valence-corrected chi connectivity index (χ3v) is 4.25. The molecule has 0 atom stereocenters. The molecular weight excluding hydrogens is 274 g/mol. The lowest BCUT2D eigenvalue weighted by atomic mass is 10.1. The van der Waals surface area contributed by atoms with E-state index < -0.39 is 10.0 Å². The van der Waals surface area contributed by atoms with E-state index in [0.29, 0.717) is 6.54 Å². The molecule has 1 aromatic heterocycles. The molecule has 0 amide bonds. The minimum absolute atomic E-state index is 0.166. The molecule has 0 radical (unpaired) electrons. The molecule has 1 aromatic carbocycles. The molecule has 0 unspecified atom stereocenters. The quantitative estimate of drug-likeness (QED) is 0.833. The second-order valence-electron chi connectivity index (χ2n) is 4.37. The minimum Gasteiger partial charge on any atom is -0.330 e. The Bertz CT molecular complexity index is 640. The van der Waals surface area contributed by atoms with Crippen molar-refractivity contribution in [2.75, 3.05) is 6.54 Å². The Morgan fingerprint density at radius 3 is 2.40 bits per heavy atom. The highest BCUT2D eigenvalue weighted by Crippen LogP contribution is 2.08. The van der Waals surface area contributed by atoms with Gasteiger partial charge in [0, 0.05) is 18.9 Å². The molecule has 0 spiro atoms. The number of hydrogen-bond acceptors (Lipinski definition) is 4. The molecule has 0 aliphatic carbocycles. The van der Waals surface area contributed by atoms with E-state index in [2.05, 4.69) is 9.71 Å². The summed E-state index contributed by atoms with van der Waals surface area (Å²) < 4.78 is 26.6. The van der Waals surface area contributed by atoms with E-state index in [4.69, 9.17) is 5.73 Å². The smallest absolute Gasteiger partial charge is 0.242 e. The Kier molecular flexibility index (Phi) is 4.84. The topological polar surface area (TPSA) is 85.1 Å². The molecule has 0 aliphatic rings. The Labute approximate surface area is 118 Å². The second-order valence-corrected chi connectivity index (χ2v) is 6.14. The fourth-order valence-electron chi connectivity index (χ4n) is 1.76. The predicted molar refractivity (Wildman–Crippen MR) is 77.5 cm³/mol. The molecule has 0 saturated carbocycles. The maximum Gasteiger partial charge on any atom is 0.242 e. The van der Waals surface area contributed by atoms with Gasteiger partial charge >= 0.3 is 0 Å². The number of nitrogens with two attached hydrogens (primary N) is 1. The summed E-state index contributed by atoms with van der Waals surface area (Å²) in [5, 5.41) is 0. The van der Waals surface area contributed by atoms with Gasteiger partial charge in [-0.25, -0.2) is 13.1 Å². The van der Waals surface area contributed by atoms with Crippen LogP contribution in [0, 0.1) is 0 Å². The molecule has 20 heavy (non-hydrogen) atoms. The van der Waals surface area contributed by atoms with Gasteiger partial charge in [-0.1, -0.05) is 24.3 Å². The average molecular weight is 291 g/mol. The van der Waals surface area contributed by atoms with Gasteiger partial charge in [0.25, 0.3) is 0 Å². The molecular formula is C14H17N3O2S. The Hall–Kier alpha value is -1.76. The summed E-state index contributed by atoms with van der Waals surface area (Å²) in [5.74, 6) is 0. The van der Waals surface area contributed by atoms with Gasteiger partial charge in [0.15, 0.2) is 0 Å². The summed E-state index contributed by atoms with van der Waals surface area (Å²) in [6.07, 6.45) is 3.68. The van der Waals surface area contributed by atoms with Crippen LogP contribution in [0.25, 0.3) is 0 Å². The van der Waals surface area contributed by atoms with E-state index in [1.54, 1.807) is 6.07 Å². The lowest BCUT2D eigenvalue weighted by Crippen LogP contribution is -2.23. The standard InChI is InChI=1S/C14H17N3O2S/c15-8-7-12-3-5-13(6-4-12)10-17-20(18,19)14-2-1-9-16-11-14/h1-6,9,11,17H,7-8,10,15H2. The molecule has 0 bridgehead atoms. The first kappa shape index (κ1) is 14.6. The summed E-state index contributed by atoms with van der Waals surface area (Å²) >= 11 is 0. The van der Waals surface area contributed by atoms with E-state index in [1.807, 2.05) is 24.3 Å². The molecule has 0 aliphatic heterocycles. The molecule has 0 saturated heterocycles. The van der Waals surface area contributed by atoms with Crippen molar-refractivity contribution < 1.29 is 8.42 Å². The molecule has 2 aromatic rings. The zero-order valence-corrected chi connectivity index (χ0v) is 11.8. The fraction of sp³-hybridized carbons (Fsp3) is 0.214. The van der Waals surface area contributed by atoms with Gasteiger partial charge < -0.3 is 5.73 Å². The monoisotopic (exact) mass is 291 g/mol. The summed E-state index contributed by atoms with van der Waals surface area (Å²) in [6.45, 7) is 0.854. The van der Waals surface area contributed by atoms with E-state index in [9.17, 15) is 8.42 Å². The molecule has 1 heterocycles. The summed E-state index contributed by atoms with van der Waals surface area (Å²) in [6, 6.07) is 10.8. The van der Waals surface area contributed by atoms with Crippen molar-refractivity contribution in [3.8, 4) is 0 Å². The predicted octanol–water partition coefficient (Wildman–Crippen LogP) is 1.06. The van der Waals surface area contributed by atoms with E-state index in [1.165, 1.54) is 18.5 Å². The first-order valence-electron chi connectivity index (χ1n) is 6.29. The van der Waals surface area contributed by atoms with Crippen LogP contribution >= 0.6 is 0 Å². The zero-order chi connectivity index (χ0) is 14.4. The highest BCUT2D eigenvalue weighted by molar-refractivity contribution is 7.89. The molecule has 2 rings (SSSR count). The maximum atomic E-state index is 12.0. The van der Waals surface area contributed by atoms with Crippen molar-refractivity contribution in [1.82, 2.24) is 9.71 Å². The number of aromatic nitrogens is 1. The maximum absolute atomic E-state index is 12.0. The number of nitrogens with one attached hydrogen (secondary N) is 1. The number of pyridine rings is 1. The van der Waals surface area contributed by atoms with Crippen molar-refractivity contribution in [2.45, 2.75) is 17.9 Å². The van der Waals surface area contributed by atoms with Crippen molar-refractivity contribution in [3.05, 3.63) is 59.9 Å². The Morgan fingerprint density at radius 2 is 1.80 bits per heavy atom. The van der Waals surface area contributed by atoms with Crippen LogP contribution in [0.4, 0.5) is 0 Å². The van der Waals surface area contributed by atoms with Gasteiger partial charge in [-0.15, -0.1) is 0 Å². The largest absolute Gasteiger partial charge is 0.330 e. The summed E-state index contributed by atoms with van der Waals surface area (Å²) in [5.41, 5.74) is 7.53. The number of hydrogen-bond donors (Lipinski definition) is 2. The SMILES string of the molecule is NCCc1ccc(CNS(=O)(=O)c2cccnc2)cc1. The van der Waals surface area contributed by atoms with Crippen LogP contribution in [-0.4, -0.2) is 19.9 Å². The van der Waals surface area contributed by atoms with Crippen LogP contribution in [-0.2, 0) is 23.0 Å². The third kappa shape index (κ3) is 3.86. The molecule has 3 N–H and O–H groups in total. The van der Waals surface area contributed by atoms with Crippen LogP contribution < -0.4 is 10.5 Å². The Morgan fingerprint density at radius 1 is 1.10 bits per heavy atom. The highest BCUT2D eigenvalue weighted by Gasteiger charge is 2.13. The third-order valence-electron chi connectivity index (χ3n) is 2.87. The molecule has 6 heteroatoms. The fourth-order valence-corrected chi connectivity index (χ4v) is 2.74. The molecule has 0 fully saturated rings. The lowest BCUT2D eigenvalue weighted by molar-refractivity contribution is 0.581. The van der Waals surface area contributed by atoms with Gasteiger partial charge in [-0.2, -0.15) is 0 Å². The first-order valence-corrected chi connectivity index (χ1v) is 7.78. The van der Waals surface area contributed by atoms with Crippen molar-refractivity contribution in [2.24, 2.45) is 5.73 Å². The van der Waals surface area contributed by atoms with Gasteiger partial charge in [-0.3, -0.25) is 4.98 Å². The summed E-state index contributed by atoms with van der Waals surface area (Å²) in [7, 11) is -3.51. The highest BCUT2D eigenvalue weighted by atomic mass is 32.2. The van der Waals surface area contributed by atoms with Gasteiger partial charge in [0.1, 0.15) is 4.90 Å². The number of sulfonamides is 1. The van der Waals surface area contributed by atoms with Crippen LogP contribution in [0.15, 0.2) is 53.7 Å². The van der Waals surface area contributed by atoms with E-state index in [-0.39, 0.29) is 11.4 Å². The summed E-state index contributed by atoms with van der Waals surface area (Å²) in [4.78, 5) is 3.97. The van der Waals surface area contributed by atoms with E-state index >= 15 is 0 Å². The average Bonchev–Trinajstić information content (AvgIpc) is 2.48. The van der Waals surface area contributed by atoms with Crippen LogP contribution in [0.2, 0.25) is 0 Å². The number of rotatable bonds is 6. The van der Waals surface area contributed by atoms with Crippen LogP contribution in [0.5, 0.6) is 0 Å². The normalized spacial score (nSPS) is 11.4. The first-order chi connectivity index (χ1) is 9.62. The van der Waals surface area contributed by atoms with Crippen molar-refractivity contribution >= 4 is 10.0 Å². The van der Waals surface area contributed by atoms with Crippen molar-refractivity contribution in [1.29, 1.82) is 0 Å². The van der Waals surface area contributed by atoms with Gasteiger partial charge in [0.05, 0.1) is 0 Å². The lowest BCUT2D eigenvalue weighted by Gasteiger charge is -2.07. The van der Waals surface area contributed by atoms with Gasteiger partial charge in [-0.05, 0) is 36.2 Å². The van der Waals surface area contributed by atoms with E-state index in [0.717, 1.165) is 17.5 Å². The number of nitrogens with zero attached hydrogens (tertiary/aromatic N) is 1. The second kappa shape index (κ2) is 6.60. The number of benzene rings is 1. The molecule has 5 nitrogen and oxygen atoms in total. The van der Waals surface area contributed by atoms with Gasteiger partial charge in [0.2, 0.25) is 10.0 Å². The minimum atomic E-state index is -3.51.